The first-order valence-electron chi connectivity index (χ1n) is 6.97. The highest BCUT2D eigenvalue weighted by Gasteiger charge is 2.23. The van der Waals surface area contributed by atoms with Gasteiger partial charge in [-0.05, 0) is 25.4 Å². The highest BCUT2D eigenvalue weighted by molar-refractivity contribution is 7.05. The molecule has 2 rings (SSSR count). The van der Waals surface area contributed by atoms with E-state index in [9.17, 15) is 4.79 Å². The molecule has 2 aromatic rings. The molecule has 0 aliphatic carbocycles. The summed E-state index contributed by atoms with van der Waals surface area (Å²) >= 11 is 1.34. The zero-order valence-corrected chi connectivity index (χ0v) is 13.9. The molecule has 0 saturated carbocycles. The number of carbonyl (C=O) groups excluding carboxylic acids is 1. The third-order valence-corrected chi connectivity index (χ3v) is 4.30. The molecule has 0 radical (unpaired) electrons. The van der Waals surface area contributed by atoms with Gasteiger partial charge in [0.15, 0.2) is 0 Å². The van der Waals surface area contributed by atoms with E-state index in [1.807, 2.05) is 31.7 Å². The van der Waals surface area contributed by atoms with Crippen LogP contribution in [0.2, 0.25) is 0 Å². The van der Waals surface area contributed by atoms with Crippen molar-refractivity contribution in [1.82, 2.24) is 24.0 Å². The molecule has 1 amide bonds. The molecular formula is C14H21N5OS. The predicted octanol–water partition coefficient (Wildman–Crippen LogP) is 2.39. The first-order chi connectivity index (χ1) is 9.91. The molecule has 2 heterocycles. The minimum absolute atomic E-state index is 0.0581. The number of imidazole rings is 1. The molecule has 0 N–H and O–H groups in total. The molecule has 0 aliphatic heterocycles. The molecule has 2 aromatic heterocycles. The number of hydrogen-bond donors (Lipinski definition) is 0. The number of aryl methyl sites for hydroxylation is 1. The van der Waals surface area contributed by atoms with Crippen molar-refractivity contribution in [1.29, 1.82) is 0 Å². The van der Waals surface area contributed by atoms with Gasteiger partial charge in [0.2, 0.25) is 5.91 Å². The van der Waals surface area contributed by atoms with Gasteiger partial charge in [0.25, 0.3) is 0 Å². The number of nitrogens with zero attached hydrogens (tertiary/aromatic N) is 5. The third-order valence-electron chi connectivity index (χ3n) is 3.49. The third kappa shape index (κ3) is 3.29. The topological polar surface area (TPSA) is 63.9 Å². The lowest BCUT2D eigenvalue weighted by atomic mass is 10.2. The van der Waals surface area contributed by atoms with Crippen molar-refractivity contribution >= 4 is 17.4 Å². The van der Waals surface area contributed by atoms with Crippen molar-refractivity contribution in [3.8, 4) is 0 Å². The molecule has 0 aromatic carbocycles. The van der Waals surface area contributed by atoms with Crippen LogP contribution in [0.3, 0.4) is 0 Å². The summed E-state index contributed by atoms with van der Waals surface area (Å²) in [6, 6.07) is -0.268. The molecule has 0 saturated heterocycles. The molecule has 0 aliphatic rings. The Balaban J connectivity index is 2.11. The van der Waals surface area contributed by atoms with E-state index in [4.69, 9.17) is 0 Å². The molecule has 0 fully saturated rings. The minimum Gasteiger partial charge on any atom is -0.339 e. The highest BCUT2D eigenvalue weighted by atomic mass is 32.1. The summed E-state index contributed by atoms with van der Waals surface area (Å²) in [5.74, 6) is 1.27. The van der Waals surface area contributed by atoms with Crippen LogP contribution in [-0.2, 0) is 11.3 Å². The standard InChI is InChI=1S/C14H21N5OS/c1-9(2)13-15-6-7-19(13)11(4)14(20)18(5)8-12-10(3)16-17-21-12/h6-7,9,11H,8H2,1-5H3/t11-/m1/s1. The minimum atomic E-state index is -0.268. The maximum Gasteiger partial charge on any atom is 0.245 e. The van der Waals surface area contributed by atoms with E-state index in [1.54, 1.807) is 11.1 Å². The average Bonchev–Trinajstić information content (AvgIpc) is 3.06. The maximum atomic E-state index is 12.6. The van der Waals surface area contributed by atoms with Crippen LogP contribution in [0.4, 0.5) is 0 Å². The zero-order valence-electron chi connectivity index (χ0n) is 13.1. The normalized spacial score (nSPS) is 12.7. The Kier molecular flexibility index (Phi) is 4.72. The van der Waals surface area contributed by atoms with Crippen LogP contribution in [-0.4, -0.2) is 37.0 Å². The Hall–Kier alpha value is -1.76. The van der Waals surface area contributed by atoms with E-state index >= 15 is 0 Å². The Morgan fingerprint density at radius 1 is 1.43 bits per heavy atom. The summed E-state index contributed by atoms with van der Waals surface area (Å²) in [4.78, 5) is 19.7. The number of aromatic nitrogens is 4. The van der Waals surface area contributed by atoms with Crippen molar-refractivity contribution in [3.63, 3.8) is 0 Å². The van der Waals surface area contributed by atoms with E-state index in [0.29, 0.717) is 6.54 Å². The monoisotopic (exact) mass is 307 g/mol. The number of likely N-dealkylation sites (N-methyl/N-ethyl adjacent to an activating group) is 1. The summed E-state index contributed by atoms with van der Waals surface area (Å²) in [5, 5.41) is 3.98. The van der Waals surface area contributed by atoms with E-state index < -0.39 is 0 Å². The molecular weight excluding hydrogens is 286 g/mol. The maximum absolute atomic E-state index is 12.6. The quantitative estimate of drug-likeness (QED) is 0.851. The molecule has 1 atom stereocenters. The van der Waals surface area contributed by atoms with Crippen LogP contribution in [0.25, 0.3) is 0 Å². The van der Waals surface area contributed by atoms with E-state index in [-0.39, 0.29) is 17.9 Å². The van der Waals surface area contributed by atoms with Crippen LogP contribution in [0.15, 0.2) is 12.4 Å². The Morgan fingerprint density at radius 3 is 2.71 bits per heavy atom. The summed E-state index contributed by atoms with van der Waals surface area (Å²) in [6.45, 7) is 8.51. The van der Waals surface area contributed by atoms with E-state index in [2.05, 4.69) is 28.4 Å². The number of rotatable bonds is 5. The van der Waals surface area contributed by atoms with Crippen molar-refractivity contribution < 1.29 is 4.79 Å². The molecule has 0 unspecified atom stereocenters. The van der Waals surface area contributed by atoms with Crippen molar-refractivity contribution in [2.75, 3.05) is 7.05 Å². The lowest BCUT2D eigenvalue weighted by Gasteiger charge is -2.23. The van der Waals surface area contributed by atoms with Crippen molar-refractivity contribution in [3.05, 3.63) is 28.8 Å². The van der Waals surface area contributed by atoms with Gasteiger partial charge in [0, 0.05) is 25.4 Å². The second-order valence-electron chi connectivity index (χ2n) is 5.50. The van der Waals surface area contributed by atoms with Gasteiger partial charge in [-0.1, -0.05) is 18.3 Å². The molecule has 7 heteroatoms. The lowest BCUT2D eigenvalue weighted by molar-refractivity contribution is -0.133. The lowest BCUT2D eigenvalue weighted by Crippen LogP contribution is -2.33. The van der Waals surface area contributed by atoms with E-state index in [1.165, 1.54) is 11.5 Å². The van der Waals surface area contributed by atoms with Gasteiger partial charge in [0.1, 0.15) is 11.9 Å². The number of carbonyl (C=O) groups is 1. The van der Waals surface area contributed by atoms with Crippen molar-refractivity contribution in [2.45, 2.75) is 46.2 Å². The first-order valence-corrected chi connectivity index (χ1v) is 7.74. The second-order valence-corrected chi connectivity index (χ2v) is 6.34. The second kappa shape index (κ2) is 6.34. The zero-order chi connectivity index (χ0) is 15.6. The van der Waals surface area contributed by atoms with Gasteiger partial charge >= 0.3 is 0 Å². The van der Waals surface area contributed by atoms with Crippen LogP contribution in [0.5, 0.6) is 0 Å². The van der Waals surface area contributed by atoms with Crippen LogP contribution in [0, 0.1) is 6.92 Å². The van der Waals surface area contributed by atoms with Gasteiger partial charge in [-0.25, -0.2) is 4.98 Å². The van der Waals surface area contributed by atoms with Gasteiger partial charge in [-0.15, -0.1) is 5.10 Å². The van der Waals surface area contributed by atoms with Crippen LogP contribution >= 0.6 is 11.5 Å². The fraction of sp³-hybridized carbons (Fsp3) is 0.571. The van der Waals surface area contributed by atoms with Gasteiger partial charge < -0.3 is 9.47 Å². The summed E-state index contributed by atoms with van der Waals surface area (Å²) in [6.07, 6.45) is 3.61. The summed E-state index contributed by atoms with van der Waals surface area (Å²) in [7, 11) is 1.81. The Bertz CT molecular complexity index is 618. The molecule has 0 spiro atoms. The molecule has 114 valence electrons. The Morgan fingerprint density at radius 2 is 2.14 bits per heavy atom. The van der Waals surface area contributed by atoms with E-state index in [0.717, 1.165) is 16.4 Å². The fourth-order valence-electron chi connectivity index (χ4n) is 2.23. The fourth-order valence-corrected chi connectivity index (χ4v) is 2.91. The highest BCUT2D eigenvalue weighted by Crippen LogP contribution is 2.20. The summed E-state index contributed by atoms with van der Waals surface area (Å²) in [5.41, 5.74) is 0.887. The van der Waals surface area contributed by atoms with Gasteiger partial charge in [-0.3, -0.25) is 4.79 Å². The van der Waals surface area contributed by atoms with Gasteiger partial charge in [-0.2, -0.15) is 0 Å². The first kappa shape index (κ1) is 15.6. The SMILES string of the molecule is Cc1nnsc1CN(C)C(=O)[C@@H](C)n1ccnc1C(C)C. The average molecular weight is 307 g/mol. The summed E-state index contributed by atoms with van der Waals surface area (Å²) < 4.78 is 5.85. The molecule has 0 bridgehead atoms. The number of hydrogen-bond acceptors (Lipinski definition) is 5. The molecule has 6 nitrogen and oxygen atoms in total. The van der Waals surface area contributed by atoms with Crippen LogP contribution in [0.1, 0.15) is 49.1 Å². The van der Waals surface area contributed by atoms with Crippen molar-refractivity contribution in [2.24, 2.45) is 0 Å². The predicted molar refractivity (Wildman–Crippen MR) is 82.1 cm³/mol. The largest absolute Gasteiger partial charge is 0.339 e. The van der Waals surface area contributed by atoms with Crippen LogP contribution < -0.4 is 0 Å². The smallest absolute Gasteiger partial charge is 0.245 e. The van der Waals surface area contributed by atoms with Gasteiger partial charge in [0.05, 0.1) is 17.1 Å². The molecule has 21 heavy (non-hydrogen) atoms. The Labute approximate surface area is 129 Å². The number of amides is 1.